The highest BCUT2D eigenvalue weighted by atomic mass is 31.1. The maximum Gasteiger partial charge on any atom is 0.212 e. The van der Waals surface area contributed by atoms with Crippen LogP contribution >= 0.6 is 7.92 Å². The zero-order chi connectivity index (χ0) is 28.0. The van der Waals surface area contributed by atoms with Crippen molar-refractivity contribution in [3.8, 4) is 0 Å². The number of hydrogen-bond donors (Lipinski definition) is 0. The second kappa shape index (κ2) is 10.5. The molecule has 1 fully saturated rings. The third-order valence-electron chi connectivity index (χ3n) is 9.71. The van der Waals surface area contributed by atoms with Gasteiger partial charge in [0.05, 0.1) is 6.54 Å². The molecule has 2 aliphatic carbocycles. The third kappa shape index (κ3) is 4.40. The molecule has 0 bridgehead atoms. The lowest BCUT2D eigenvalue weighted by molar-refractivity contribution is 0.152. The van der Waals surface area contributed by atoms with Crippen LogP contribution in [-0.2, 0) is 10.2 Å². The van der Waals surface area contributed by atoms with Crippen molar-refractivity contribution in [3.63, 3.8) is 0 Å². The van der Waals surface area contributed by atoms with Gasteiger partial charge in [0.25, 0.3) is 0 Å². The van der Waals surface area contributed by atoms with Crippen molar-refractivity contribution in [2.24, 2.45) is 27.7 Å². The fourth-order valence-corrected chi connectivity index (χ4v) is 10.7. The number of benzene rings is 3. The van der Waals surface area contributed by atoms with E-state index in [9.17, 15) is 0 Å². The van der Waals surface area contributed by atoms with E-state index in [-0.39, 0.29) is 22.2 Å². The van der Waals surface area contributed by atoms with Gasteiger partial charge in [0, 0.05) is 16.9 Å². The van der Waals surface area contributed by atoms with Gasteiger partial charge in [0.1, 0.15) is 6.61 Å². The van der Waals surface area contributed by atoms with Gasteiger partial charge in [0.2, 0.25) is 5.90 Å². The number of hydrogen-bond acceptors (Lipinski definition) is 2. The van der Waals surface area contributed by atoms with E-state index in [1.54, 1.807) is 0 Å². The van der Waals surface area contributed by atoms with Crippen LogP contribution in [0.15, 0.2) is 114 Å². The van der Waals surface area contributed by atoms with Crippen LogP contribution in [0.2, 0.25) is 0 Å². The molecule has 40 heavy (non-hydrogen) atoms. The smallest absolute Gasteiger partial charge is 0.212 e. The van der Waals surface area contributed by atoms with E-state index in [0.29, 0.717) is 12.5 Å². The molecule has 3 aromatic rings. The van der Waals surface area contributed by atoms with Gasteiger partial charge < -0.3 is 4.74 Å². The van der Waals surface area contributed by atoms with Crippen molar-refractivity contribution in [2.75, 3.05) is 13.2 Å². The number of aliphatic imine (C=N–C) groups is 1. The predicted molar refractivity (Wildman–Crippen MR) is 172 cm³/mol. The number of fused-ring (bicyclic) bond motifs is 1. The summed E-state index contributed by atoms with van der Waals surface area (Å²) >= 11 is 0. The summed E-state index contributed by atoms with van der Waals surface area (Å²) in [6, 6.07) is 31.7. The first-order chi connectivity index (χ1) is 19.3. The molecule has 0 aromatic heterocycles. The molecule has 3 heteroatoms. The molecule has 1 saturated carbocycles. The number of ether oxygens (including phenoxy) is 1. The van der Waals surface area contributed by atoms with Crippen molar-refractivity contribution in [1.82, 2.24) is 0 Å². The summed E-state index contributed by atoms with van der Waals surface area (Å²) in [6.07, 6.45) is 9.33. The highest BCUT2D eigenvalue weighted by Crippen LogP contribution is 2.70. The average Bonchev–Trinajstić information content (AvgIpc) is 3.54. The topological polar surface area (TPSA) is 21.6 Å². The zero-order valence-corrected chi connectivity index (χ0v) is 25.5. The molecular formula is C37H42NOP. The number of rotatable bonds is 7. The Morgan fingerprint density at radius 1 is 0.875 bits per heavy atom. The van der Waals surface area contributed by atoms with Gasteiger partial charge in [-0.3, -0.25) is 0 Å². The fraction of sp³-hybridized carbons (Fsp3) is 0.378. The molecule has 3 aliphatic rings. The lowest BCUT2D eigenvalue weighted by atomic mass is 9.57. The summed E-state index contributed by atoms with van der Waals surface area (Å²) in [5.41, 5.74) is 2.84. The third-order valence-corrected chi connectivity index (χ3v) is 12.2. The first-order valence-electron chi connectivity index (χ1n) is 14.8. The lowest BCUT2D eigenvalue weighted by Crippen LogP contribution is -2.45. The monoisotopic (exact) mass is 547 g/mol. The van der Waals surface area contributed by atoms with Gasteiger partial charge in [-0.15, -0.1) is 0 Å². The van der Waals surface area contributed by atoms with E-state index in [1.807, 2.05) is 0 Å². The highest BCUT2D eigenvalue weighted by molar-refractivity contribution is 7.79. The first kappa shape index (κ1) is 27.2. The van der Waals surface area contributed by atoms with Crippen LogP contribution in [0.25, 0.3) is 0 Å². The molecule has 0 radical (unpaired) electrons. The Hall–Kier alpha value is -2.96. The van der Waals surface area contributed by atoms with Crippen LogP contribution in [0.4, 0.5) is 0 Å². The minimum absolute atomic E-state index is 0.0181. The van der Waals surface area contributed by atoms with Crippen LogP contribution in [0.1, 0.15) is 53.0 Å². The van der Waals surface area contributed by atoms with Crippen LogP contribution in [0, 0.1) is 22.7 Å². The van der Waals surface area contributed by atoms with Crippen molar-refractivity contribution in [3.05, 3.63) is 114 Å². The molecule has 206 valence electrons. The standard InChI is InChI=1S/C37H42NOP/c1-27(2)25-37(26-35(3,4)36(5)22-14-19-30(33(36)37)34-38-23-24-39-34)31-20-12-13-21-32(31)40(28-15-8-6-9-16-28)29-17-10-7-11-18-29/h6-22,27,33H,23-26H2,1-5H3/t33?,36?,37-/m0/s1. The summed E-state index contributed by atoms with van der Waals surface area (Å²) < 4.78 is 6.22. The molecule has 0 N–H and O–H groups in total. The second-order valence-corrected chi connectivity index (χ2v) is 15.3. The van der Waals surface area contributed by atoms with E-state index in [0.717, 1.165) is 25.3 Å². The maximum absolute atomic E-state index is 6.22. The average molecular weight is 548 g/mol. The lowest BCUT2D eigenvalue weighted by Gasteiger charge is -2.47. The Kier molecular flexibility index (Phi) is 7.12. The molecule has 0 spiro atoms. The van der Waals surface area contributed by atoms with Crippen LogP contribution in [0.5, 0.6) is 0 Å². The van der Waals surface area contributed by atoms with E-state index < -0.39 is 7.92 Å². The molecule has 1 aliphatic heterocycles. The molecule has 2 nitrogen and oxygen atoms in total. The molecular weight excluding hydrogens is 505 g/mol. The Morgan fingerprint density at radius 3 is 2.10 bits per heavy atom. The van der Waals surface area contributed by atoms with Crippen LogP contribution < -0.4 is 15.9 Å². The van der Waals surface area contributed by atoms with Crippen molar-refractivity contribution >= 4 is 29.7 Å². The molecule has 2 unspecified atom stereocenters. The Balaban J connectivity index is 1.63. The van der Waals surface area contributed by atoms with Gasteiger partial charge in [-0.05, 0) is 59.0 Å². The van der Waals surface area contributed by atoms with Crippen LogP contribution in [-0.4, -0.2) is 19.0 Å². The summed E-state index contributed by atoms with van der Waals surface area (Å²) in [7, 11) is -0.735. The van der Waals surface area contributed by atoms with Gasteiger partial charge in [-0.2, -0.15) is 0 Å². The minimum atomic E-state index is -0.735. The largest absolute Gasteiger partial charge is 0.476 e. The molecule has 3 aromatic carbocycles. The molecule has 1 heterocycles. The molecule has 6 rings (SSSR count). The van der Waals surface area contributed by atoms with E-state index in [4.69, 9.17) is 9.73 Å². The molecule has 3 atom stereocenters. The van der Waals surface area contributed by atoms with Gasteiger partial charge in [-0.1, -0.05) is 138 Å². The number of nitrogens with zero attached hydrogens (tertiary/aromatic N) is 1. The maximum atomic E-state index is 6.22. The van der Waals surface area contributed by atoms with E-state index >= 15 is 0 Å². The van der Waals surface area contributed by atoms with Gasteiger partial charge in [-0.25, -0.2) is 4.99 Å². The van der Waals surface area contributed by atoms with Gasteiger partial charge >= 0.3 is 0 Å². The summed E-state index contributed by atoms with van der Waals surface area (Å²) in [5, 5.41) is 4.29. The normalized spacial score (nSPS) is 26.9. The van der Waals surface area contributed by atoms with Crippen molar-refractivity contribution in [1.29, 1.82) is 0 Å². The Morgan fingerprint density at radius 2 is 1.50 bits per heavy atom. The van der Waals surface area contributed by atoms with E-state index in [1.165, 1.54) is 27.1 Å². The zero-order valence-electron chi connectivity index (χ0n) is 24.6. The van der Waals surface area contributed by atoms with Crippen molar-refractivity contribution < 1.29 is 4.74 Å². The predicted octanol–water partition coefficient (Wildman–Crippen LogP) is 7.71. The SMILES string of the molecule is CC(C)C[C@@]1(c2ccccc2P(c2ccccc2)c2ccccc2)CC(C)(C)C2(C)C=CC=C(C3=NCCO3)C21. The Bertz CT molecular complexity index is 1410. The fourth-order valence-electron chi connectivity index (χ4n) is 8.09. The highest BCUT2D eigenvalue weighted by Gasteiger charge is 2.65. The second-order valence-electron chi connectivity index (χ2n) is 13.1. The van der Waals surface area contributed by atoms with Crippen LogP contribution in [0.3, 0.4) is 0 Å². The number of allylic oxidation sites excluding steroid dienone is 3. The molecule has 0 saturated heterocycles. The molecule has 0 amide bonds. The van der Waals surface area contributed by atoms with E-state index in [2.05, 4.69) is 138 Å². The summed E-state index contributed by atoms with van der Waals surface area (Å²) in [5.74, 6) is 1.70. The van der Waals surface area contributed by atoms with Crippen molar-refractivity contribution in [2.45, 2.75) is 52.9 Å². The van der Waals surface area contributed by atoms with Gasteiger partial charge in [0.15, 0.2) is 0 Å². The summed E-state index contributed by atoms with van der Waals surface area (Å²) in [4.78, 5) is 4.89. The Labute approximate surface area is 242 Å². The first-order valence-corrected chi connectivity index (χ1v) is 16.2. The quantitative estimate of drug-likeness (QED) is 0.278. The minimum Gasteiger partial charge on any atom is -0.476 e. The summed E-state index contributed by atoms with van der Waals surface area (Å²) in [6.45, 7) is 13.7.